The SMILES string of the molecule is O=C(OCc1ccccc1)N1CC[C@@H]2[C@@H](CCN2c2ccc(OC(F)(F)F)cc2)C1. The Bertz CT molecular complexity index is 858. The third-order valence-corrected chi connectivity index (χ3v) is 5.70. The topological polar surface area (TPSA) is 42.0 Å². The zero-order valence-electron chi connectivity index (χ0n) is 16.3. The van der Waals surface area contributed by atoms with Crippen molar-refractivity contribution in [1.29, 1.82) is 0 Å². The molecule has 2 aromatic carbocycles. The number of hydrogen-bond donors (Lipinski definition) is 0. The molecule has 1 amide bonds. The molecule has 2 aliphatic rings. The van der Waals surface area contributed by atoms with E-state index >= 15 is 0 Å². The van der Waals surface area contributed by atoms with Gasteiger partial charge >= 0.3 is 12.5 Å². The first-order valence-electron chi connectivity index (χ1n) is 9.97. The summed E-state index contributed by atoms with van der Waals surface area (Å²) < 4.78 is 46.4. The van der Waals surface area contributed by atoms with Gasteiger partial charge in [0.15, 0.2) is 0 Å². The molecule has 5 nitrogen and oxygen atoms in total. The van der Waals surface area contributed by atoms with Crippen molar-refractivity contribution < 1.29 is 27.4 Å². The predicted octanol–water partition coefficient (Wildman–Crippen LogP) is 4.82. The van der Waals surface area contributed by atoms with Gasteiger partial charge in [0, 0.05) is 31.4 Å². The maximum absolute atomic E-state index is 12.4. The van der Waals surface area contributed by atoms with Crippen LogP contribution in [0.3, 0.4) is 0 Å². The Labute approximate surface area is 173 Å². The van der Waals surface area contributed by atoms with Gasteiger partial charge in [-0.25, -0.2) is 4.79 Å². The summed E-state index contributed by atoms with van der Waals surface area (Å²) >= 11 is 0. The first-order chi connectivity index (χ1) is 14.4. The average molecular weight is 420 g/mol. The van der Waals surface area contributed by atoms with E-state index in [2.05, 4.69) is 9.64 Å². The molecule has 0 radical (unpaired) electrons. The minimum atomic E-state index is -4.69. The van der Waals surface area contributed by atoms with Crippen LogP contribution < -0.4 is 9.64 Å². The summed E-state index contributed by atoms with van der Waals surface area (Å²) in [6.07, 6.45) is -3.27. The van der Waals surface area contributed by atoms with Crippen molar-refractivity contribution >= 4 is 11.8 Å². The average Bonchev–Trinajstić information content (AvgIpc) is 3.15. The highest BCUT2D eigenvalue weighted by Crippen LogP contribution is 2.36. The maximum Gasteiger partial charge on any atom is 0.573 e. The van der Waals surface area contributed by atoms with Crippen molar-refractivity contribution in [1.82, 2.24) is 4.90 Å². The fourth-order valence-electron chi connectivity index (χ4n) is 4.32. The molecule has 30 heavy (non-hydrogen) atoms. The maximum atomic E-state index is 12.4. The number of carbonyl (C=O) groups is 1. The van der Waals surface area contributed by atoms with E-state index in [1.165, 1.54) is 12.1 Å². The summed E-state index contributed by atoms with van der Waals surface area (Å²) in [5.41, 5.74) is 1.82. The Morgan fingerprint density at radius 2 is 1.73 bits per heavy atom. The van der Waals surface area contributed by atoms with Crippen LogP contribution in [0.5, 0.6) is 5.75 Å². The predicted molar refractivity (Wildman–Crippen MR) is 105 cm³/mol. The fraction of sp³-hybridized carbons (Fsp3) is 0.409. The zero-order valence-corrected chi connectivity index (χ0v) is 16.3. The lowest BCUT2D eigenvalue weighted by atomic mass is 9.93. The minimum Gasteiger partial charge on any atom is -0.445 e. The number of fused-ring (bicyclic) bond motifs is 1. The standard InChI is InChI=1S/C22H23F3N2O3/c23-22(24,25)30-19-8-6-18(7-9-19)27-13-10-17-14-26(12-11-20(17)27)21(28)29-15-16-4-2-1-3-5-16/h1-9,17,20H,10-15H2/t17-,20+/m0/s1. The van der Waals surface area contributed by atoms with Crippen LogP contribution >= 0.6 is 0 Å². The zero-order chi connectivity index (χ0) is 21.1. The summed E-state index contributed by atoms with van der Waals surface area (Å²) in [5, 5.41) is 0. The van der Waals surface area contributed by atoms with Crippen molar-refractivity contribution in [2.75, 3.05) is 24.5 Å². The largest absolute Gasteiger partial charge is 0.573 e. The summed E-state index contributed by atoms with van der Waals surface area (Å²) in [6, 6.07) is 15.8. The van der Waals surface area contributed by atoms with E-state index < -0.39 is 6.36 Å². The second-order valence-corrected chi connectivity index (χ2v) is 7.63. The van der Waals surface area contributed by atoms with Crippen LogP contribution in [-0.4, -0.2) is 43.0 Å². The van der Waals surface area contributed by atoms with Crippen molar-refractivity contribution in [3.8, 4) is 5.75 Å². The molecule has 4 rings (SSSR count). The molecule has 0 unspecified atom stereocenters. The minimum absolute atomic E-state index is 0.224. The number of carbonyl (C=O) groups excluding carboxylic acids is 1. The van der Waals surface area contributed by atoms with Crippen molar-refractivity contribution in [3.05, 3.63) is 60.2 Å². The third kappa shape index (κ3) is 4.80. The molecule has 2 saturated heterocycles. The number of piperidine rings is 1. The Morgan fingerprint density at radius 3 is 2.43 bits per heavy atom. The molecule has 0 N–H and O–H groups in total. The number of likely N-dealkylation sites (tertiary alicyclic amines) is 1. The molecule has 0 spiro atoms. The number of amides is 1. The highest BCUT2D eigenvalue weighted by atomic mass is 19.4. The number of alkyl halides is 3. The number of nitrogens with zero attached hydrogens (tertiary/aromatic N) is 2. The second kappa shape index (κ2) is 8.45. The van der Waals surface area contributed by atoms with Gasteiger partial charge in [-0.1, -0.05) is 30.3 Å². The van der Waals surface area contributed by atoms with Gasteiger partial charge in [0.25, 0.3) is 0 Å². The Balaban J connectivity index is 1.32. The van der Waals surface area contributed by atoms with Gasteiger partial charge < -0.3 is 19.3 Å². The van der Waals surface area contributed by atoms with E-state index in [1.54, 1.807) is 17.0 Å². The van der Waals surface area contributed by atoms with Gasteiger partial charge in [0.05, 0.1) is 0 Å². The number of ether oxygens (including phenoxy) is 2. The van der Waals surface area contributed by atoms with Crippen LogP contribution in [-0.2, 0) is 11.3 Å². The highest BCUT2D eigenvalue weighted by molar-refractivity contribution is 5.68. The molecule has 2 heterocycles. The van der Waals surface area contributed by atoms with E-state index in [-0.39, 0.29) is 24.5 Å². The number of anilines is 1. The van der Waals surface area contributed by atoms with Crippen LogP contribution in [0.1, 0.15) is 18.4 Å². The summed E-state index contributed by atoms with van der Waals surface area (Å²) in [6.45, 7) is 2.29. The highest BCUT2D eigenvalue weighted by Gasteiger charge is 2.40. The van der Waals surface area contributed by atoms with Crippen LogP contribution in [0.4, 0.5) is 23.7 Å². The van der Waals surface area contributed by atoms with Crippen molar-refractivity contribution in [2.24, 2.45) is 5.92 Å². The molecule has 2 fully saturated rings. The first-order valence-corrected chi connectivity index (χ1v) is 9.97. The van der Waals surface area contributed by atoms with Crippen molar-refractivity contribution in [3.63, 3.8) is 0 Å². The van der Waals surface area contributed by atoms with Gasteiger partial charge in [-0.15, -0.1) is 13.2 Å². The van der Waals surface area contributed by atoms with Gasteiger partial charge in [0.1, 0.15) is 12.4 Å². The number of halogens is 3. The fourth-order valence-corrected chi connectivity index (χ4v) is 4.32. The van der Waals surface area contributed by atoms with Crippen LogP contribution in [0.2, 0.25) is 0 Å². The molecule has 8 heteroatoms. The molecule has 0 aliphatic carbocycles. The Morgan fingerprint density at radius 1 is 1.00 bits per heavy atom. The molecule has 0 bridgehead atoms. The lowest BCUT2D eigenvalue weighted by Gasteiger charge is -2.38. The molecule has 0 saturated carbocycles. The normalized spacial score (nSPS) is 21.3. The van der Waals surface area contributed by atoms with E-state index in [9.17, 15) is 18.0 Å². The lowest BCUT2D eigenvalue weighted by Crippen LogP contribution is -2.48. The molecule has 0 aromatic heterocycles. The molecular weight excluding hydrogens is 397 g/mol. The van der Waals surface area contributed by atoms with Crippen LogP contribution in [0, 0.1) is 5.92 Å². The lowest BCUT2D eigenvalue weighted by molar-refractivity contribution is -0.274. The molecule has 2 aliphatic heterocycles. The van der Waals surface area contributed by atoms with Gasteiger partial charge in [-0.2, -0.15) is 0 Å². The Kier molecular flexibility index (Phi) is 5.74. The van der Waals surface area contributed by atoms with E-state index in [0.29, 0.717) is 19.0 Å². The van der Waals surface area contributed by atoms with Crippen LogP contribution in [0.25, 0.3) is 0 Å². The molecule has 160 valence electrons. The van der Waals surface area contributed by atoms with E-state index in [4.69, 9.17) is 4.74 Å². The molecule has 2 atom stereocenters. The van der Waals surface area contributed by atoms with E-state index in [1.807, 2.05) is 30.3 Å². The summed E-state index contributed by atoms with van der Waals surface area (Å²) in [4.78, 5) is 16.4. The van der Waals surface area contributed by atoms with Gasteiger partial charge in [-0.05, 0) is 48.6 Å². The van der Waals surface area contributed by atoms with Crippen molar-refractivity contribution in [2.45, 2.75) is 31.9 Å². The third-order valence-electron chi connectivity index (χ3n) is 5.70. The van der Waals surface area contributed by atoms with Crippen LogP contribution in [0.15, 0.2) is 54.6 Å². The van der Waals surface area contributed by atoms with Gasteiger partial charge in [-0.3, -0.25) is 0 Å². The quantitative estimate of drug-likeness (QED) is 0.711. The summed E-state index contributed by atoms with van der Waals surface area (Å²) in [5.74, 6) is 0.0899. The Hall–Kier alpha value is -2.90. The first kappa shape index (κ1) is 20.4. The second-order valence-electron chi connectivity index (χ2n) is 7.63. The molecular formula is C22H23F3N2O3. The smallest absolute Gasteiger partial charge is 0.445 e. The number of hydrogen-bond acceptors (Lipinski definition) is 4. The summed E-state index contributed by atoms with van der Waals surface area (Å²) in [7, 11) is 0. The van der Waals surface area contributed by atoms with E-state index in [0.717, 1.165) is 30.6 Å². The number of rotatable bonds is 4. The monoisotopic (exact) mass is 420 g/mol. The molecule has 2 aromatic rings. The van der Waals surface area contributed by atoms with Gasteiger partial charge in [0.2, 0.25) is 0 Å². The number of benzene rings is 2.